The van der Waals surface area contributed by atoms with Gasteiger partial charge in [0.1, 0.15) is 8.42 Å². The molecule has 0 aliphatic carbocycles. The lowest BCUT2D eigenvalue weighted by Gasteiger charge is -2.18. The minimum Gasteiger partial charge on any atom is -0.200 e. The third-order valence-electron chi connectivity index (χ3n) is 5.33. The molecule has 0 aliphatic heterocycles. The van der Waals surface area contributed by atoms with E-state index in [-0.39, 0.29) is 12.2 Å². The van der Waals surface area contributed by atoms with Gasteiger partial charge < -0.3 is 0 Å². The zero-order valence-electron chi connectivity index (χ0n) is 20.3. The molecule has 2 aromatic carbocycles. The molecular weight excluding hydrogens is 330 g/mol. The summed E-state index contributed by atoms with van der Waals surface area (Å²) in [7, 11) is 0.339. The molecule has 1 heterocycles. The highest BCUT2D eigenvalue weighted by molar-refractivity contribution is 6.88. The number of rotatable bonds is 3. The van der Waals surface area contributed by atoms with Crippen LogP contribution in [0.1, 0.15) is 40.5 Å². The maximum atomic E-state index is 8.60. The van der Waals surface area contributed by atoms with Crippen molar-refractivity contribution in [3.05, 3.63) is 59.2 Å². The van der Waals surface area contributed by atoms with E-state index in [0.717, 1.165) is 38.7 Å². The van der Waals surface area contributed by atoms with Crippen LogP contribution < -0.4 is 9.75 Å². The zero-order valence-corrected chi connectivity index (χ0v) is 18.3. The van der Waals surface area contributed by atoms with E-state index in [9.17, 15) is 0 Å². The van der Waals surface area contributed by atoms with E-state index in [1.807, 2.05) is 25.5 Å². The largest absolute Gasteiger partial charge is 0.220 e. The van der Waals surface area contributed by atoms with Crippen molar-refractivity contribution in [1.82, 2.24) is 0 Å². The molecule has 0 amide bonds. The fraction of sp³-hybridized carbons (Fsp3) is 0.375. The van der Waals surface area contributed by atoms with Crippen LogP contribution in [0, 0.1) is 13.8 Å². The van der Waals surface area contributed by atoms with Crippen LogP contribution in [0.15, 0.2) is 42.5 Å². The lowest BCUT2D eigenvalue weighted by atomic mass is 9.91. The number of hydrogen-bond acceptors (Lipinski definition) is 0. The van der Waals surface area contributed by atoms with Crippen molar-refractivity contribution in [3.63, 3.8) is 0 Å². The molecule has 1 nitrogen and oxygen atoms in total. The first-order valence-corrected chi connectivity index (χ1v) is 12.8. The monoisotopic (exact) mass is 365 g/mol. The lowest BCUT2D eigenvalue weighted by molar-refractivity contribution is -0.659. The fourth-order valence-corrected chi connectivity index (χ4v) is 4.58. The Labute approximate surface area is 163 Å². The molecule has 0 atom stereocenters. The first-order valence-electron chi connectivity index (χ1n) is 10.8. The fourth-order valence-electron chi connectivity index (χ4n) is 3.42. The van der Waals surface area contributed by atoms with Crippen LogP contribution in [0.25, 0.3) is 22.0 Å². The third-order valence-corrected chi connectivity index (χ3v) is 7.38. The van der Waals surface area contributed by atoms with Gasteiger partial charge in [-0.2, -0.15) is 0 Å². The van der Waals surface area contributed by atoms with Crippen molar-refractivity contribution >= 4 is 24.0 Å². The van der Waals surface area contributed by atoms with Crippen LogP contribution in [-0.2, 0) is 7.05 Å². The summed E-state index contributed by atoms with van der Waals surface area (Å²) in [6, 6.07) is 10.9. The summed E-state index contributed by atoms with van der Waals surface area (Å²) in [5.41, 5.74) is 5.26. The second kappa shape index (κ2) is 6.66. The number of fused-ring (bicyclic) bond motifs is 1. The molecule has 0 saturated carbocycles. The Morgan fingerprint density at radius 2 is 1.77 bits per heavy atom. The quantitative estimate of drug-likeness (QED) is 0.419. The summed E-state index contributed by atoms with van der Waals surface area (Å²) in [6.45, 7) is 14.9. The molecule has 0 radical (unpaired) electrons. The van der Waals surface area contributed by atoms with Crippen LogP contribution in [0.2, 0.25) is 19.6 Å². The predicted molar refractivity (Wildman–Crippen MR) is 117 cm³/mol. The van der Waals surface area contributed by atoms with E-state index in [0.29, 0.717) is 0 Å². The smallest absolute Gasteiger partial charge is 0.200 e. The maximum Gasteiger partial charge on any atom is 0.220 e. The third kappa shape index (κ3) is 3.35. The van der Waals surface area contributed by atoms with Gasteiger partial charge in [0.05, 0.1) is 20.4 Å². The number of pyridine rings is 1. The first kappa shape index (κ1) is 15.2. The van der Waals surface area contributed by atoms with E-state index >= 15 is 0 Å². The summed E-state index contributed by atoms with van der Waals surface area (Å²) in [4.78, 5) is 0. The van der Waals surface area contributed by atoms with Crippen LogP contribution in [0.5, 0.6) is 0 Å². The minimum atomic E-state index is -1.53. The van der Waals surface area contributed by atoms with Crippen LogP contribution >= 0.6 is 0 Å². The van der Waals surface area contributed by atoms with E-state index in [2.05, 4.69) is 63.8 Å². The molecule has 136 valence electrons. The summed E-state index contributed by atoms with van der Waals surface area (Å²) >= 11 is 0. The second-order valence-corrected chi connectivity index (χ2v) is 13.7. The number of aryl methyl sites for hydroxylation is 1. The average molecular weight is 366 g/mol. The van der Waals surface area contributed by atoms with Gasteiger partial charge in [0.25, 0.3) is 0 Å². The standard InChI is InChI=1S/C24H32NSi/c1-16(2)20-13-17(3)18(4)23(15-20)24-22-10-9-21(26(6,7)8)14-19(22)11-12-25(24)5/h9-16H,1-8H3/q+1/i11D,12D,16D. The zero-order chi connectivity index (χ0) is 21.9. The van der Waals surface area contributed by atoms with Crippen molar-refractivity contribution in [2.75, 3.05) is 0 Å². The topological polar surface area (TPSA) is 3.88 Å². The van der Waals surface area contributed by atoms with Gasteiger partial charge in [-0.15, -0.1) is 0 Å². The van der Waals surface area contributed by atoms with Crippen LogP contribution in [0.3, 0.4) is 0 Å². The van der Waals surface area contributed by atoms with Gasteiger partial charge in [-0.3, -0.25) is 0 Å². The molecule has 0 N–H and O–H groups in total. The summed E-state index contributed by atoms with van der Waals surface area (Å²) < 4.78 is 27.5. The number of nitrogens with zero attached hydrogens (tertiary/aromatic N) is 1. The minimum absolute atomic E-state index is 0.216. The molecule has 3 aromatic rings. The van der Waals surface area contributed by atoms with Crippen LogP contribution in [0.4, 0.5) is 0 Å². The predicted octanol–water partition coefficient (Wildman–Crippen LogP) is 5.62. The molecule has 0 aliphatic rings. The highest BCUT2D eigenvalue weighted by Crippen LogP contribution is 2.32. The Kier molecular flexibility index (Phi) is 3.88. The van der Waals surface area contributed by atoms with Gasteiger partial charge in [0.2, 0.25) is 5.69 Å². The highest BCUT2D eigenvalue weighted by atomic mass is 28.3. The Morgan fingerprint density at radius 1 is 1.08 bits per heavy atom. The first-order chi connectivity index (χ1) is 13.2. The maximum absolute atomic E-state index is 8.60. The highest BCUT2D eigenvalue weighted by Gasteiger charge is 2.22. The second-order valence-electron chi connectivity index (χ2n) is 8.62. The van der Waals surface area contributed by atoms with Crippen molar-refractivity contribution < 1.29 is 8.68 Å². The van der Waals surface area contributed by atoms with E-state index < -0.39 is 14.0 Å². The molecule has 0 saturated heterocycles. The lowest BCUT2D eigenvalue weighted by Crippen LogP contribution is -2.37. The Morgan fingerprint density at radius 3 is 2.38 bits per heavy atom. The van der Waals surface area contributed by atoms with Gasteiger partial charge >= 0.3 is 0 Å². The number of hydrogen-bond donors (Lipinski definition) is 0. The van der Waals surface area contributed by atoms with Crippen molar-refractivity contribution in [2.24, 2.45) is 7.05 Å². The molecule has 0 spiro atoms. The summed E-state index contributed by atoms with van der Waals surface area (Å²) in [5.74, 6) is -0.703. The van der Waals surface area contributed by atoms with E-state index in [4.69, 9.17) is 4.11 Å². The molecule has 26 heavy (non-hydrogen) atoms. The summed E-state index contributed by atoms with van der Waals surface area (Å²) in [5, 5.41) is 3.14. The van der Waals surface area contributed by atoms with E-state index in [1.165, 1.54) is 5.19 Å². The van der Waals surface area contributed by atoms with Gasteiger partial charge in [0, 0.05) is 7.41 Å². The number of benzene rings is 2. The molecule has 2 heteroatoms. The Balaban J connectivity index is 2.47. The van der Waals surface area contributed by atoms with E-state index in [1.54, 1.807) is 0 Å². The molecule has 0 bridgehead atoms. The molecule has 0 unspecified atom stereocenters. The average Bonchev–Trinajstić information content (AvgIpc) is 2.61. The molecule has 3 rings (SSSR count). The van der Waals surface area contributed by atoms with Gasteiger partial charge in [-0.25, -0.2) is 4.57 Å². The summed E-state index contributed by atoms with van der Waals surface area (Å²) in [6.07, 6.45) is 0.216. The van der Waals surface area contributed by atoms with Crippen LogP contribution in [-0.4, -0.2) is 8.07 Å². The van der Waals surface area contributed by atoms with Crippen molar-refractivity contribution in [2.45, 2.75) is 53.2 Å². The molecule has 0 fully saturated rings. The Bertz CT molecular complexity index is 1120. The normalized spacial score (nSPS) is 14.2. The van der Waals surface area contributed by atoms with Crippen molar-refractivity contribution in [1.29, 1.82) is 0 Å². The van der Waals surface area contributed by atoms with Crippen molar-refractivity contribution in [3.8, 4) is 11.3 Å². The van der Waals surface area contributed by atoms with Gasteiger partial charge in [-0.1, -0.05) is 56.9 Å². The molecule has 1 aromatic heterocycles. The van der Waals surface area contributed by atoms with Gasteiger partial charge in [-0.05, 0) is 54.0 Å². The number of aromatic nitrogens is 1. The van der Waals surface area contributed by atoms with Gasteiger partial charge in [0.15, 0.2) is 6.17 Å². The SMILES string of the molecule is [2H]c1c([2H])[n+](C)c(-c2cc(C([2H])(C)C)cc(C)c2C)c2ccc([Si](C)(C)C)cc12. The molecular formula is C24H32NSi+. The Hall–Kier alpha value is -1.93.